The van der Waals surface area contributed by atoms with Gasteiger partial charge in [-0.2, -0.15) is 0 Å². The van der Waals surface area contributed by atoms with Crippen LogP contribution in [0.3, 0.4) is 0 Å². The van der Waals surface area contributed by atoms with E-state index in [9.17, 15) is 9.18 Å². The summed E-state index contributed by atoms with van der Waals surface area (Å²) in [4.78, 5) is 18.5. The van der Waals surface area contributed by atoms with Crippen LogP contribution in [0.1, 0.15) is 33.3 Å². The first kappa shape index (κ1) is 14.7. The standard InChI is InChI=1S/C16H17FN2O3/c1-10-5-11(7-12(17)6-10)16(20)19-4-3-14-13(8-19)18-15(22-14)9-21-2/h5-7H,3-4,8-9H2,1-2H3. The molecule has 22 heavy (non-hydrogen) atoms. The Hall–Kier alpha value is -2.21. The number of ether oxygens (including phenoxy) is 1. The number of fused-ring (bicyclic) bond motifs is 1. The zero-order valence-electron chi connectivity index (χ0n) is 12.6. The number of carbonyl (C=O) groups is 1. The molecule has 5 nitrogen and oxygen atoms in total. The maximum absolute atomic E-state index is 13.5. The molecule has 0 N–H and O–H groups in total. The lowest BCUT2D eigenvalue weighted by molar-refractivity contribution is 0.0727. The smallest absolute Gasteiger partial charge is 0.254 e. The first-order valence-electron chi connectivity index (χ1n) is 7.09. The van der Waals surface area contributed by atoms with Gasteiger partial charge >= 0.3 is 0 Å². The molecule has 2 aromatic rings. The molecule has 3 rings (SSSR count). The van der Waals surface area contributed by atoms with Crippen molar-refractivity contribution in [1.82, 2.24) is 9.88 Å². The third-order valence-electron chi connectivity index (χ3n) is 3.62. The van der Waals surface area contributed by atoms with Crippen LogP contribution < -0.4 is 0 Å². The van der Waals surface area contributed by atoms with E-state index in [1.165, 1.54) is 12.1 Å². The topological polar surface area (TPSA) is 55.6 Å². The quantitative estimate of drug-likeness (QED) is 0.874. The number of carbonyl (C=O) groups excluding carboxylic acids is 1. The molecule has 0 radical (unpaired) electrons. The summed E-state index contributed by atoms with van der Waals surface area (Å²) < 4.78 is 24.1. The van der Waals surface area contributed by atoms with Gasteiger partial charge in [0.1, 0.15) is 23.9 Å². The van der Waals surface area contributed by atoms with Crippen molar-refractivity contribution in [3.8, 4) is 0 Å². The summed E-state index contributed by atoms with van der Waals surface area (Å²) >= 11 is 0. The van der Waals surface area contributed by atoms with E-state index >= 15 is 0 Å². The van der Waals surface area contributed by atoms with E-state index < -0.39 is 5.82 Å². The fraction of sp³-hybridized carbons (Fsp3) is 0.375. The van der Waals surface area contributed by atoms with Crippen molar-refractivity contribution in [1.29, 1.82) is 0 Å². The molecule has 2 heterocycles. The summed E-state index contributed by atoms with van der Waals surface area (Å²) in [6.45, 7) is 2.98. The fourth-order valence-corrected chi connectivity index (χ4v) is 2.65. The third kappa shape index (κ3) is 2.87. The van der Waals surface area contributed by atoms with Gasteiger partial charge in [-0.1, -0.05) is 0 Å². The second-order valence-electron chi connectivity index (χ2n) is 5.40. The summed E-state index contributed by atoms with van der Waals surface area (Å²) in [6, 6.07) is 4.36. The maximum Gasteiger partial charge on any atom is 0.254 e. The minimum absolute atomic E-state index is 0.190. The SMILES string of the molecule is COCc1nc2c(o1)CCN(C(=O)c1cc(C)cc(F)c1)C2. The fourth-order valence-electron chi connectivity index (χ4n) is 2.65. The molecule has 0 unspecified atom stereocenters. The summed E-state index contributed by atoms with van der Waals surface area (Å²) in [5.74, 6) is 0.726. The minimum Gasteiger partial charge on any atom is -0.443 e. The highest BCUT2D eigenvalue weighted by Crippen LogP contribution is 2.22. The van der Waals surface area contributed by atoms with E-state index in [1.54, 1.807) is 25.0 Å². The number of aryl methyl sites for hydroxylation is 1. The zero-order chi connectivity index (χ0) is 15.7. The predicted octanol–water partition coefficient (Wildman–Crippen LogP) is 2.47. The summed E-state index contributed by atoms with van der Waals surface area (Å²) in [6.07, 6.45) is 0.603. The van der Waals surface area contributed by atoms with Gasteiger partial charge in [0.05, 0.1) is 6.54 Å². The Morgan fingerprint density at radius 3 is 3.00 bits per heavy atom. The molecule has 0 saturated heterocycles. The van der Waals surface area contributed by atoms with Crippen molar-refractivity contribution >= 4 is 5.91 Å². The van der Waals surface area contributed by atoms with Crippen molar-refractivity contribution < 1.29 is 18.3 Å². The number of amides is 1. The van der Waals surface area contributed by atoms with Crippen LogP contribution in [-0.2, 0) is 24.3 Å². The molecule has 1 aromatic carbocycles. The van der Waals surface area contributed by atoms with Crippen molar-refractivity contribution in [2.45, 2.75) is 26.5 Å². The number of hydrogen-bond acceptors (Lipinski definition) is 4. The molecule has 6 heteroatoms. The van der Waals surface area contributed by atoms with E-state index in [4.69, 9.17) is 9.15 Å². The van der Waals surface area contributed by atoms with Crippen molar-refractivity contribution in [3.63, 3.8) is 0 Å². The predicted molar refractivity (Wildman–Crippen MR) is 76.8 cm³/mol. The van der Waals surface area contributed by atoms with E-state index in [0.29, 0.717) is 37.6 Å². The number of methoxy groups -OCH3 is 1. The lowest BCUT2D eigenvalue weighted by Gasteiger charge is -2.25. The Labute approximate surface area is 127 Å². The van der Waals surface area contributed by atoms with Gasteiger partial charge < -0.3 is 14.1 Å². The van der Waals surface area contributed by atoms with Crippen LogP contribution in [0.15, 0.2) is 22.6 Å². The lowest BCUT2D eigenvalue weighted by atomic mass is 10.1. The number of aromatic nitrogens is 1. The second kappa shape index (κ2) is 5.88. The summed E-state index contributed by atoms with van der Waals surface area (Å²) in [5.41, 5.74) is 1.84. The molecule has 0 atom stereocenters. The van der Waals surface area contributed by atoms with Crippen LogP contribution in [0.4, 0.5) is 4.39 Å². The molecular weight excluding hydrogens is 287 g/mol. The normalized spacial score (nSPS) is 14.0. The first-order valence-corrected chi connectivity index (χ1v) is 7.09. The largest absolute Gasteiger partial charge is 0.443 e. The molecule has 1 aliphatic heterocycles. The van der Waals surface area contributed by atoms with Crippen molar-refractivity contribution in [2.24, 2.45) is 0 Å². The van der Waals surface area contributed by atoms with E-state index in [-0.39, 0.29) is 5.91 Å². The summed E-state index contributed by atoms with van der Waals surface area (Å²) in [7, 11) is 1.57. The number of benzene rings is 1. The van der Waals surface area contributed by atoms with E-state index in [1.807, 2.05) is 0 Å². The molecular formula is C16H17FN2O3. The highest BCUT2D eigenvalue weighted by atomic mass is 19.1. The van der Waals surface area contributed by atoms with Gasteiger partial charge in [0.25, 0.3) is 5.91 Å². The maximum atomic E-state index is 13.5. The van der Waals surface area contributed by atoms with Crippen LogP contribution in [0, 0.1) is 12.7 Å². The zero-order valence-corrected chi connectivity index (χ0v) is 12.6. The van der Waals surface area contributed by atoms with Crippen molar-refractivity contribution in [2.75, 3.05) is 13.7 Å². The van der Waals surface area contributed by atoms with Gasteiger partial charge in [-0.25, -0.2) is 9.37 Å². The molecule has 116 valence electrons. The van der Waals surface area contributed by atoms with Gasteiger partial charge in [-0.05, 0) is 30.7 Å². The molecule has 0 fully saturated rings. The number of oxazole rings is 1. The first-order chi connectivity index (χ1) is 10.6. The Balaban J connectivity index is 1.80. The lowest BCUT2D eigenvalue weighted by Crippen LogP contribution is -2.35. The molecule has 1 aromatic heterocycles. The van der Waals surface area contributed by atoms with Crippen LogP contribution in [0.2, 0.25) is 0 Å². The van der Waals surface area contributed by atoms with E-state index in [0.717, 1.165) is 17.0 Å². The van der Waals surface area contributed by atoms with Gasteiger partial charge in [-0.3, -0.25) is 4.79 Å². The van der Waals surface area contributed by atoms with Crippen LogP contribution in [0.25, 0.3) is 0 Å². The Kier molecular flexibility index (Phi) is 3.94. The summed E-state index contributed by atoms with van der Waals surface area (Å²) in [5, 5.41) is 0. The minimum atomic E-state index is -0.398. The average molecular weight is 304 g/mol. The molecule has 0 saturated carbocycles. The molecule has 1 amide bonds. The molecule has 1 aliphatic rings. The monoisotopic (exact) mass is 304 g/mol. The average Bonchev–Trinajstić information content (AvgIpc) is 2.87. The highest BCUT2D eigenvalue weighted by Gasteiger charge is 2.26. The van der Waals surface area contributed by atoms with Crippen LogP contribution >= 0.6 is 0 Å². The van der Waals surface area contributed by atoms with Gasteiger partial charge in [-0.15, -0.1) is 0 Å². The Bertz CT molecular complexity index is 691. The van der Waals surface area contributed by atoms with E-state index in [2.05, 4.69) is 4.98 Å². The van der Waals surface area contributed by atoms with Crippen molar-refractivity contribution in [3.05, 3.63) is 52.5 Å². The second-order valence-corrected chi connectivity index (χ2v) is 5.40. The van der Waals surface area contributed by atoms with Crippen LogP contribution in [-0.4, -0.2) is 29.4 Å². The third-order valence-corrected chi connectivity index (χ3v) is 3.62. The Morgan fingerprint density at radius 2 is 2.27 bits per heavy atom. The van der Waals surface area contributed by atoms with Crippen LogP contribution in [0.5, 0.6) is 0 Å². The number of rotatable bonds is 3. The van der Waals surface area contributed by atoms with Gasteiger partial charge in [0.15, 0.2) is 0 Å². The molecule has 0 aliphatic carbocycles. The van der Waals surface area contributed by atoms with Gasteiger partial charge in [0.2, 0.25) is 5.89 Å². The number of halogens is 1. The highest BCUT2D eigenvalue weighted by molar-refractivity contribution is 5.94. The van der Waals surface area contributed by atoms with Gasteiger partial charge in [0, 0.05) is 25.6 Å². The number of nitrogens with zero attached hydrogens (tertiary/aromatic N) is 2. The number of hydrogen-bond donors (Lipinski definition) is 0. The molecule has 0 bridgehead atoms. The Morgan fingerprint density at radius 1 is 1.45 bits per heavy atom. The molecule has 0 spiro atoms.